The van der Waals surface area contributed by atoms with Crippen molar-refractivity contribution in [1.29, 1.82) is 5.41 Å². The standard InChI is InChI=1S/C23H34N8O2.2ClH/c1-13-9-10-16-15(11-13)19(28-17-7-5-6-8-18(17)29-22(24)25)30-20(27-16)21(33)31-23(3,4)12-26-14(2)32;;/h9-11,17-18H,5-8,12H2,1-4H3,(H,26,32)(H,31,33)(H4,24,25,29)(H,27,28,30);2*1H/t17-,18+;;/m0../s1. The number of amides is 2. The number of guanidine groups is 1. The van der Waals surface area contributed by atoms with Gasteiger partial charge in [-0.1, -0.05) is 24.5 Å². The normalized spacial score (nSPS) is 17.4. The highest BCUT2D eigenvalue weighted by atomic mass is 35.5. The summed E-state index contributed by atoms with van der Waals surface area (Å²) in [6, 6.07) is 5.83. The topological polar surface area (TPSA) is 158 Å². The number of carbonyl (C=O) groups excluding carboxylic acids is 2. The molecular formula is C23H36Cl2N8O2. The van der Waals surface area contributed by atoms with Crippen LogP contribution in [0.15, 0.2) is 18.2 Å². The molecule has 1 fully saturated rings. The number of aromatic nitrogens is 2. The molecular weight excluding hydrogens is 491 g/mol. The minimum absolute atomic E-state index is 0. The van der Waals surface area contributed by atoms with Gasteiger partial charge in [0.25, 0.3) is 5.91 Å². The van der Waals surface area contributed by atoms with Gasteiger partial charge < -0.3 is 27.0 Å². The summed E-state index contributed by atoms with van der Waals surface area (Å²) < 4.78 is 0. The number of carbonyl (C=O) groups is 2. The van der Waals surface area contributed by atoms with Gasteiger partial charge in [-0.3, -0.25) is 15.0 Å². The first-order chi connectivity index (χ1) is 15.5. The van der Waals surface area contributed by atoms with Crippen molar-refractivity contribution in [2.75, 3.05) is 11.9 Å². The second-order valence-electron chi connectivity index (χ2n) is 9.36. The number of anilines is 1. The molecule has 12 heteroatoms. The van der Waals surface area contributed by atoms with Crippen molar-refractivity contribution in [3.63, 3.8) is 0 Å². The van der Waals surface area contributed by atoms with Gasteiger partial charge in [-0.15, -0.1) is 24.8 Å². The third-order valence-corrected chi connectivity index (χ3v) is 5.71. The molecule has 10 nitrogen and oxygen atoms in total. The number of rotatable bonds is 7. The Morgan fingerprint density at radius 2 is 1.80 bits per heavy atom. The lowest BCUT2D eigenvalue weighted by Crippen LogP contribution is -2.51. The van der Waals surface area contributed by atoms with Crippen LogP contribution in [0.1, 0.15) is 62.6 Å². The van der Waals surface area contributed by atoms with Crippen molar-refractivity contribution in [1.82, 2.24) is 25.9 Å². The summed E-state index contributed by atoms with van der Waals surface area (Å²) in [6.07, 6.45) is 3.90. The lowest BCUT2D eigenvalue weighted by molar-refractivity contribution is -0.119. The third-order valence-electron chi connectivity index (χ3n) is 5.71. The van der Waals surface area contributed by atoms with Crippen LogP contribution in [0.4, 0.5) is 5.82 Å². The van der Waals surface area contributed by atoms with Gasteiger partial charge in [0.15, 0.2) is 5.96 Å². The minimum Gasteiger partial charge on any atom is -0.370 e. The van der Waals surface area contributed by atoms with E-state index in [1.807, 2.05) is 39.0 Å². The molecule has 0 unspecified atom stereocenters. The Bertz CT molecular complexity index is 1060. The highest BCUT2D eigenvalue weighted by Crippen LogP contribution is 2.27. The van der Waals surface area contributed by atoms with Crippen molar-refractivity contribution >= 4 is 59.3 Å². The van der Waals surface area contributed by atoms with Gasteiger partial charge in [0.05, 0.1) is 11.1 Å². The Kier molecular flexibility index (Phi) is 11.0. The molecule has 2 amide bonds. The molecule has 0 saturated heterocycles. The van der Waals surface area contributed by atoms with E-state index < -0.39 is 11.4 Å². The number of hydrogen-bond acceptors (Lipinski definition) is 6. The van der Waals surface area contributed by atoms with Gasteiger partial charge in [0.2, 0.25) is 11.7 Å². The molecule has 1 aliphatic carbocycles. The second-order valence-corrected chi connectivity index (χ2v) is 9.36. The zero-order valence-electron chi connectivity index (χ0n) is 20.5. The summed E-state index contributed by atoms with van der Waals surface area (Å²) >= 11 is 0. The van der Waals surface area contributed by atoms with Crippen LogP contribution in [0, 0.1) is 12.3 Å². The van der Waals surface area contributed by atoms with E-state index in [2.05, 4.69) is 31.2 Å². The van der Waals surface area contributed by atoms with E-state index in [0.717, 1.165) is 36.6 Å². The summed E-state index contributed by atoms with van der Waals surface area (Å²) in [4.78, 5) is 33.4. The first kappa shape index (κ1) is 30.2. The average molecular weight is 528 g/mol. The molecule has 0 bridgehead atoms. The Morgan fingerprint density at radius 3 is 2.43 bits per heavy atom. The zero-order valence-corrected chi connectivity index (χ0v) is 22.2. The van der Waals surface area contributed by atoms with Crippen LogP contribution in [0.2, 0.25) is 0 Å². The van der Waals surface area contributed by atoms with Gasteiger partial charge >= 0.3 is 0 Å². The van der Waals surface area contributed by atoms with E-state index >= 15 is 0 Å². The summed E-state index contributed by atoms with van der Waals surface area (Å²) in [5.74, 6) is -0.00811. The maximum absolute atomic E-state index is 13.0. The van der Waals surface area contributed by atoms with Crippen LogP contribution in [0.3, 0.4) is 0 Å². The molecule has 0 spiro atoms. The Labute approximate surface area is 218 Å². The SMILES string of the molecule is CC(=O)NCC(C)(C)NC(=O)c1nc(N[C@H]2CCCC[C@H]2NC(=N)N)c2cc(C)ccc2n1.Cl.Cl. The van der Waals surface area contributed by atoms with Crippen LogP contribution >= 0.6 is 24.8 Å². The number of halogens is 2. The van der Waals surface area contributed by atoms with Crippen LogP contribution in [0.25, 0.3) is 10.9 Å². The first-order valence-electron chi connectivity index (χ1n) is 11.3. The van der Waals surface area contributed by atoms with Crippen LogP contribution in [-0.2, 0) is 4.79 Å². The average Bonchev–Trinajstić information content (AvgIpc) is 2.73. The number of benzene rings is 1. The van der Waals surface area contributed by atoms with E-state index in [1.165, 1.54) is 6.92 Å². The highest BCUT2D eigenvalue weighted by Gasteiger charge is 2.28. The fraction of sp³-hybridized carbons (Fsp3) is 0.522. The molecule has 2 aromatic rings. The van der Waals surface area contributed by atoms with Gasteiger partial charge in [0, 0.05) is 30.9 Å². The van der Waals surface area contributed by atoms with Crippen molar-refractivity contribution in [2.24, 2.45) is 5.73 Å². The van der Waals surface area contributed by atoms with Gasteiger partial charge in [-0.05, 0) is 45.7 Å². The molecule has 194 valence electrons. The second kappa shape index (κ2) is 12.7. The summed E-state index contributed by atoms with van der Waals surface area (Å²) in [7, 11) is 0. The van der Waals surface area contributed by atoms with E-state index in [4.69, 9.17) is 11.1 Å². The van der Waals surface area contributed by atoms with E-state index in [9.17, 15) is 9.59 Å². The number of fused-ring (bicyclic) bond motifs is 1. The number of nitrogens with zero attached hydrogens (tertiary/aromatic N) is 2. The quantitative estimate of drug-likeness (QED) is 0.239. The van der Waals surface area contributed by atoms with Gasteiger partial charge in [-0.2, -0.15) is 0 Å². The molecule has 1 saturated carbocycles. The molecule has 7 N–H and O–H groups in total. The molecule has 2 atom stereocenters. The number of aryl methyl sites for hydroxylation is 1. The summed E-state index contributed by atoms with van der Waals surface area (Å²) in [6.45, 7) is 7.36. The Morgan fingerprint density at radius 1 is 1.14 bits per heavy atom. The minimum atomic E-state index is -0.679. The largest absolute Gasteiger partial charge is 0.370 e. The lowest BCUT2D eigenvalue weighted by Gasteiger charge is -2.33. The Balaban J connectivity index is 0.00000306. The summed E-state index contributed by atoms with van der Waals surface area (Å²) in [5, 5.41) is 20.6. The molecule has 3 rings (SSSR count). The first-order valence-corrected chi connectivity index (χ1v) is 11.3. The lowest BCUT2D eigenvalue weighted by atomic mass is 9.90. The third kappa shape index (κ3) is 8.40. The zero-order chi connectivity index (χ0) is 24.2. The molecule has 0 radical (unpaired) electrons. The van der Waals surface area contributed by atoms with E-state index in [1.54, 1.807) is 0 Å². The van der Waals surface area contributed by atoms with Crippen LogP contribution in [0.5, 0.6) is 0 Å². The number of hydrogen-bond donors (Lipinski definition) is 6. The van der Waals surface area contributed by atoms with Gasteiger partial charge in [-0.25, -0.2) is 9.97 Å². The number of nitrogens with one attached hydrogen (secondary N) is 5. The van der Waals surface area contributed by atoms with Crippen molar-refractivity contribution in [3.8, 4) is 0 Å². The fourth-order valence-electron chi connectivity index (χ4n) is 4.06. The predicted molar refractivity (Wildman–Crippen MR) is 144 cm³/mol. The number of nitrogens with two attached hydrogens (primary N) is 1. The maximum Gasteiger partial charge on any atom is 0.289 e. The Hall–Kier alpha value is -2.85. The maximum atomic E-state index is 13.0. The monoisotopic (exact) mass is 526 g/mol. The molecule has 1 aromatic heterocycles. The van der Waals surface area contributed by atoms with Crippen LogP contribution in [-0.4, -0.2) is 51.9 Å². The van der Waals surface area contributed by atoms with E-state index in [-0.39, 0.29) is 61.1 Å². The summed E-state index contributed by atoms with van der Waals surface area (Å²) in [5.41, 5.74) is 6.64. The fourth-order valence-corrected chi connectivity index (χ4v) is 4.06. The van der Waals surface area contributed by atoms with Crippen molar-refractivity contribution < 1.29 is 9.59 Å². The van der Waals surface area contributed by atoms with Crippen molar-refractivity contribution in [2.45, 2.75) is 71.0 Å². The van der Waals surface area contributed by atoms with E-state index in [0.29, 0.717) is 11.3 Å². The molecule has 1 aliphatic rings. The van der Waals surface area contributed by atoms with Crippen molar-refractivity contribution in [3.05, 3.63) is 29.6 Å². The molecule has 1 aromatic carbocycles. The molecule has 1 heterocycles. The smallest absolute Gasteiger partial charge is 0.289 e. The highest BCUT2D eigenvalue weighted by molar-refractivity contribution is 5.97. The molecule has 0 aliphatic heterocycles. The van der Waals surface area contributed by atoms with Gasteiger partial charge in [0.1, 0.15) is 5.82 Å². The van der Waals surface area contributed by atoms with Crippen LogP contribution < -0.4 is 27.0 Å². The molecule has 35 heavy (non-hydrogen) atoms. The predicted octanol–water partition coefficient (Wildman–Crippen LogP) is 2.63.